The van der Waals surface area contributed by atoms with Crippen molar-refractivity contribution in [2.75, 3.05) is 11.5 Å². The molecule has 182 valence electrons. The second-order valence-electron chi connectivity index (χ2n) is 8.82. The number of anilines is 1. The molecule has 5 rings (SSSR count). The number of para-hydroxylation sites is 1. The molecular formula is C29H26ClN3O3. The third kappa shape index (κ3) is 5.14. The van der Waals surface area contributed by atoms with E-state index in [2.05, 4.69) is 5.32 Å². The molecular weight excluding hydrogens is 474 g/mol. The molecule has 0 spiro atoms. The molecule has 0 saturated heterocycles. The van der Waals surface area contributed by atoms with Gasteiger partial charge in [0, 0.05) is 22.9 Å². The van der Waals surface area contributed by atoms with Crippen molar-refractivity contribution < 1.29 is 14.3 Å². The second kappa shape index (κ2) is 10.3. The number of halogens is 1. The maximum absolute atomic E-state index is 13.3. The van der Waals surface area contributed by atoms with Crippen LogP contribution in [0.3, 0.4) is 0 Å². The lowest BCUT2D eigenvalue weighted by atomic mass is 10.1. The van der Waals surface area contributed by atoms with Gasteiger partial charge in [0.1, 0.15) is 11.4 Å². The Balaban J connectivity index is 1.35. The summed E-state index contributed by atoms with van der Waals surface area (Å²) in [5.41, 5.74) is 5.44. The second-order valence-corrected chi connectivity index (χ2v) is 9.25. The lowest BCUT2D eigenvalue weighted by Crippen LogP contribution is -2.34. The van der Waals surface area contributed by atoms with Crippen LogP contribution in [0.5, 0.6) is 5.75 Å². The minimum absolute atomic E-state index is 0.111. The van der Waals surface area contributed by atoms with Crippen molar-refractivity contribution >= 4 is 29.1 Å². The first-order valence-electron chi connectivity index (χ1n) is 11.8. The summed E-state index contributed by atoms with van der Waals surface area (Å²) in [6.07, 6.45) is 0. The van der Waals surface area contributed by atoms with Crippen LogP contribution in [0, 0.1) is 6.92 Å². The number of aryl methyl sites for hydroxylation is 1. The molecule has 0 radical (unpaired) electrons. The van der Waals surface area contributed by atoms with Gasteiger partial charge in [-0.25, -0.2) is 0 Å². The Labute approximate surface area is 215 Å². The summed E-state index contributed by atoms with van der Waals surface area (Å²) in [5, 5.41) is 3.63. The normalized spacial score (nSPS) is 12.3. The van der Waals surface area contributed by atoms with Crippen LogP contribution in [0.4, 0.5) is 5.69 Å². The van der Waals surface area contributed by atoms with Gasteiger partial charge in [0.25, 0.3) is 11.8 Å². The smallest absolute Gasteiger partial charge is 0.268 e. The lowest BCUT2D eigenvalue weighted by molar-refractivity contribution is -0.120. The van der Waals surface area contributed by atoms with Crippen molar-refractivity contribution in [3.05, 3.63) is 118 Å². The number of benzene rings is 3. The fourth-order valence-corrected chi connectivity index (χ4v) is 4.44. The summed E-state index contributed by atoms with van der Waals surface area (Å²) in [4.78, 5) is 28.1. The molecule has 0 fully saturated rings. The third-order valence-electron chi connectivity index (χ3n) is 6.29. The van der Waals surface area contributed by atoms with E-state index in [0.29, 0.717) is 36.1 Å². The number of hydrogen-bond donors (Lipinski definition) is 1. The molecule has 1 aliphatic rings. The molecule has 2 heterocycles. The van der Waals surface area contributed by atoms with Crippen molar-refractivity contribution in [3.8, 4) is 5.75 Å². The van der Waals surface area contributed by atoms with Gasteiger partial charge in [-0.1, -0.05) is 59.6 Å². The number of hydrogen-bond acceptors (Lipinski definition) is 3. The molecule has 36 heavy (non-hydrogen) atoms. The van der Waals surface area contributed by atoms with Crippen molar-refractivity contribution in [1.82, 2.24) is 9.88 Å². The van der Waals surface area contributed by atoms with Crippen LogP contribution in [-0.4, -0.2) is 23.0 Å². The summed E-state index contributed by atoms with van der Waals surface area (Å²) in [5.74, 6) is 0.259. The first-order valence-corrected chi connectivity index (χ1v) is 12.1. The number of carbonyl (C=O) groups excluding carboxylic acids is 2. The van der Waals surface area contributed by atoms with Crippen LogP contribution in [0.2, 0.25) is 5.02 Å². The van der Waals surface area contributed by atoms with Crippen LogP contribution in [0.15, 0.2) is 84.9 Å². The predicted molar refractivity (Wildman–Crippen MR) is 140 cm³/mol. The highest BCUT2D eigenvalue weighted by atomic mass is 35.5. The maximum Gasteiger partial charge on any atom is 0.268 e. The Morgan fingerprint density at radius 2 is 1.67 bits per heavy atom. The highest BCUT2D eigenvalue weighted by Gasteiger charge is 2.26. The summed E-state index contributed by atoms with van der Waals surface area (Å²) in [6.45, 7) is 3.20. The fraction of sp³-hybridized carbons (Fsp3) is 0.172. The molecule has 4 aromatic rings. The zero-order chi connectivity index (χ0) is 25.1. The molecule has 2 amide bonds. The first kappa shape index (κ1) is 23.7. The highest BCUT2D eigenvalue weighted by Crippen LogP contribution is 2.29. The third-order valence-corrected chi connectivity index (χ3v) is 6.54. The Kier molecular flexibility index (Phi) is 6.78. The largest absolute Gasteiger partial charge is 0.484 e. The van der Waals surface area contributed by atoms with E-state index in [9.17, 15) is 9.59 Å². The van der Waals surface area contributed by atoms with Gasteiger partial charge in [-0.05, 0) is 60.5 Å². The van der Waals surface area contributed by atoms with Crippen LogP contribution in [0.25, 0.3) is 0 Å². The Morgan fingerprint density at radius 3 is 2.44 bits per heavy atom. The number of nitrogens with zero attached hydrogens (tertiary/aromatic N) is 2. The summed E-state index contributed by atoms with van der Waals surface area (Å²) < 4.78 is 7.71. The van der Waals surface area contributed by atoms with Gasteiger partial charge < -0.3 is 19.5 Å². The van der Waals surface area contributed by atoms with E-state index in [4.69, 9.17) is 16.3 Å². The molecule has 1 N–H and O–H groups in total. The monoisotopic (exact) mass is 499 g/mol. The number of ether oxygens (including phenoxy) is 1. The number of nitrogens with one attached hydrogen (secondary N) is 1. The van der Waals surface area contributed by atoms with Gasteiger partial charge in [0.15, 0.2) is 6.61 Å². The van der Waals surface area contributed by atoms with E-state index in [-0.39, 0.29) is 18.4 Å². The fourth-order valence-electron chi connectivity index (χ4n) is 4.31. The first-order chi connectivity index (χ1) is 17.5. The summed E-state index contributed by atoms with van der Waals surface area (Å²) >= 11 is 5.94. The van der Waals surface area contributed by atoms with E-state index in [1.165, 1.54) is 5.56 Å². The summed E-state index contributed by atoms with van der Waals surface area (Å²) in [6, 6.07) is 26.5. The van der Waals surface area contributed by atoms with E-state index in [0.717, 1.165) is 22.5 Å². The van der Waals surface area contributed by atoms with Crippen LogP contribution in [0.1, 0.15) is 32.9 Å². The van der Waals surface area contributed by atoms with Crippen LogP contribution in [-0.2, 0) is 24.4 Å². The Morgan fingerprint density at radius 1 is 0.917 bits per heavy atom. The molecule has 6 nitrogen and oxygen atoms in total. The highest BCUT2D eigenvalue weighted by molar-refractivity contribution is 6.30. The molecule has 1 aliphatic heterocycles. The number of rotatable bonds is 6. The molecule has 0 unspecified atom stereocenters. The average molecular weight is 500 g/mol. The maximum atomic E-state index is 13.3. The molecule has 1 aromatic heterocycles. The zero-order valence-electron chi connectivity index (χ0n) is 19.9. The molecule has 0 atom stereocenters. The zero-order valence-corrected chi connectivity index (χ0v) is 20.7. The number of aromatic nitrogens is 1. The van der Waals surface area contributed by atoms with Gasteiger partial charge in [-0.3, -0.25) is 9.59 Å². The van der Waals surface area contributed by atoms with Gasteiger partial charge in [0.05, 0.1) is 13.1 Å². The van der Waals surface area contributed by atoms with Crippen molar-refractivity contribution in [2.45, 2.75) is 26.6 Å². The topological polar surface area (TPSA) is 63.6 Å². The van der Waals surface area contributed by atoms with E-state index < -0.39 is 0 Å². The molecule has 0 bridgehead atoms. The van der Waals surface area contributed by atoms with Gasteiger partial charge in [-0.15, -0.1) is 0 Å². The lowest BCUT2D eigenvalue weighted by Gasteiger charge is -2.22. The van der Waals surface area contributed by atoms with Crippen molar-refractivity contribution in [2.24, 2.45) is 0 Å². The van der Waals surface area contributed by atoms with E-state index >= 15 is 0 Å². The van der Waals surface area contributed by atoms with Gasteiger partial charge in [0.2, 0.25) is 0 Å². The van der Waals surface area contributed by atoms with Crippen LogP contribution < -0.4 is 15.0 Å². The van der Waals surface area contributed by atoms with Crippen molar-refractivity contribution in [1.29, 1.82) is 0 Å². The molecule has 0 saturated carbocycles. The standard InChI is InChI=1S/C29H26ClN3O3/c1-20-6-8-21(9-7-20)16-31-29(35)27-15-12-24-18-33(26-5-3-2-4-22(26)17-32(24)27)28(34)19-36-25-13-10-23(30)11-14-25/h2-15H,16-19H2,1H3,(H,31,35). The SMILES string of the molecule is Cc1ccc(CNC(=O)c2ccc3n2Cc2ccccc2N(C(=O)COc2ccc(Cl)cc2)C3)cc1. The van der Waals surface area contributed by atoms with Crippen LogP contribution >= 0.6 is 11.6 Å². The molecule has 0 aliphatic carbocycles. The Hall–Kier alpha value is -4.03. The number of carbonyl (C=O) groups is 2. The molecule has 3 aromatic carbocycles. The minimum Gasteiger partial charge on any atom is -0.484 e. The Bertz CT molecular complexity index is 1390. The van der Waals surface area contributed by atoms with Crippen molar-refractivity contribution in [3.63, 3.8) is 0 Å². The number of amides is 2. The molecule has 7 heteroatoms. The minimum atomic E-state index is -0.169. The van der Waals surface area contributed by atoms with E-state index in [1.54, 1.807) is 29.2 Å². The predicted octanol–water partition coefficient (Wildman–Crippen LogP) is 5.35. The average Bonchev–Trinajstić information content (AvgIpc) is 3.20. The van der Waals surface area contributed by atoms with Gasteiger partial charge in [-0.2, -0.15) is 0 Å². The quantitative estimate of drug-likeness (QED) is 0.389. The number of fused-ring (bicyclic) bond motifs is 2. The summed E-state index contributed by atoms with van der Waals surface area (Å²) in [7, 11) is 0. The van der Waals surface area contributed by atoms with Gasteiger partial charge >= 0.3 is 0 Å². The van der Waals surface area contributed by atoms with E-state index in [1.807, 2.05) is 72.2 Å².